The SMILES string of the molecule is COC(=O)[C@@H]1C[C@@]2(O)[C@@H]3CC(=O)O[C@@H]3[C@@H](C)C[C@H]2N1C(=O)OCc1ccccc1. The standard InChI is InChI=1S/C21H25NO7/c1-12-8-16-21(26,14-9-17(23)29-18(12)14)10-15(19(24)27-2)22(16)20(25)28-11-13-6-4-3-5-7-13/h3-7,12,14-16,18,26H,8-11H2,1-2H3/t12-,14+,15-,16+,18+,21+/m0/s1. The van der Waals surface area contributed by atoms with Crippen LogP contribution in [0.5, 0.6) is 0 Å². The summed E-state index contributed by atoms with van der Waals surface area (Å²) in [6.07, 6.45) is -0.625. The number of aliphatic hydroxyl groups is 1. The van der Waals surface area contributed by atoms with Crippen LogP contribution in [0.25, 0.3) is 0 Å². The van der Waals surface area contributed by atoms with E-state index in [9.17, 15) is 19.5 Å². The third kappa shape index (κ3) is 3.25. The number of carbonyl (C=O) groups excluding carboxylic acids is 3. The summed E-state index contributed by atoms with van der Waals surface area (Å²) < 4.78 is 15.8. The Kier molecular flexibility index (Phi) is 4.98. The van der Waals surface area contributed by atoms with Gasteiger partial charge in [-0.25, -0.2) is 9.59 Å². The molecule has 6 atom stereocenters. The fourth-order valence-electron chi connectivity index (χ4n) is 5.14. The lowest BCUT2D eigenvalue weighted by molar-refractivity contribution is -0.149. The molecule has 1 aromatic carbocycles. The van der Waals surface area contributed by atoms with E-state index in [-0.39, 0.29) is 31.3 Å². The lowest BCUT2D eigenvalue weighted by Gasteiger charge is -2.46. The molecule has 2 heterocycles. The molecule has 156 valence electrons. The molecule has 3 fully saturated rings. The Labute approximate surface area is 168 Å². The molecule has 0 aromatic heterocycles. The van der Waals surface area contributed by atoms with E-state index in [1.54, 1.807) is 0 Å². The van der Waals surface area contributed by atoms with Crippen molar-refractivity contribution in [3.05, 3.63) is 35.9 Å². The summed E-state index contributed by atoms with van der Waals surface area (Å²) in [5.41, 5.74) is -0.592. The molecule has 1 N–H and O–H groups in total. The summed E-state index contributed by atoms with van der Waals surface area (Å²) in [5, 5.41) is 11.5. The van der Waals surface area contributed by atoms with Crippen LogP contribution in [0.4, 0.5) is 4.79 Å². The van der Waals surface area contributed by atoms with Gasteiger partial charge in [0.2, 0.25) is 0 Å². The van der Waals surface area contributed by atoms with Gasteiger partial charge in [-0.3, -0.25) is 9.69 Å². The number of carbonyl (C=O) groups is 3. The van der Waals surface area contributed by atoms with Gasteiger partial charge in [0.1, 0.15) is 18.8 Å². The molecule has 0 radical (unpaired) electrons. The molecular weight excluding hydrogens is 378 g/mol. The van der Waals surface area contributed by atoms with Crippen LogP contribution < -0.4 is 0 Å². The van der Waals surface area contributed by atoms with Crippen molar-refractivity contribution in [3.63, 3.8) is 0 Å². The number of esters is 2. The minimum Gasteiger partial charge on any atom is -0.467 e. The zero-order valence-electron chi connectivity index (χ0n) is 16.4. The van der Waals surface area contributed by atoms with Crippen molar-refractivity contribution < 1.29 is 33.7 Å². The van der Waals surface area contributed by atoms with Crippen molar-refractivity contribution in [2.24, 2.45) is 11.8 Å². The van der Waals surface area contributed by atoms with Gasteiger partial charge in [-0.1, -0.05) is 37.3 Å². The zero-order valence-corrected chi connectivity index (χ0v) is 16.4. The summed E-state index contributed by atoms with van der Waals surface area (Å²) in [6, 6.07) is 7.59. The molecule has 2 saturated heterocycles. The molecule has 2 aliphatic heterocycles. The Hall–Kier alpha value is -2.61. The van der Waals surface area contributed by atoms with Gasteiger partial charge in [0.05, 0.1) is 25.2 Å². The number of likely N-dealkylation sites (tertiary alicyclic amines) is 1. The number of hydrogen-bond donors (Lipinski definition) is 1. The van der Waals surface area contributed by atoms with E-state index in [2.05, 4.69) is 0 Å². The highest BCUT2D eigenvalue weighted by molar-refractivity contribution is 5.83. The Bertz CT molecular complexity index is 813. The van der Waals surface area contributed by atoms with E-state index in [0.717, 1.165) is 5.56 Å². The lowest BCUT2D eigenvalue weighted by atomic mass is 9.66. The van der Waals surface area contributed by atoms with Crippen molar-refractivity contribution in [1.82, 2.24) is 4.90 Å². The summed E-state index contributed by atoms with van der Waals surface area (Å²) in [4.78, 5) is 38.7. The third-order valence-corrected chi connectivity index (χ3v) is 6.51. The van der Waals surface area contributed by atoms with Crippen LogP contribution in [0.1, 0.15) is 31.7 Å². The second-order valence-corrected chi connectivity index (χ2v) is 8.18. The molecule has 1 aliphatic carbocycles. The summed E-state index contributed by atoms with van der Waals surface area (Å²) in [5.74, 6) is -1.50. The maximum Gasteiger partial charge on any atom is 0.411 e. The number of fused-ring (bicyclic) bond motifs is 3. The molecule has 1 amide bonds. The molecule has 0 bridgehead atoms. The highest BCUT2D eigenvalue weighted by atomic mass is 16.6. The van der Waals surface area contributed by atoms with Crippen LogP contribution in [0.15, 0.2) is 30.3 Å². The normalized spacial score (nSPS) is 35.5. The molecular formula is C21H25NO7. The molecule has 3 aliphatic rings. The van der Waals surface area contributed by atoms with E-state index in [0.29, 0.717) is 6.42 Å². The summed E-state index contributed by atoms with van der Waals surface area (Å²) in [6.45, 7) is 1.98. The van der Waals surface area contributed by atoms with E-state index >= 15 is 0 Å². The van der Waals surface area contributed by atoms with Gasteiger partial charge < -0.3 is 19.3 Å². The van der Waals surface area contributed by atoms with Gasteiger partial charge in [0.15, 0.2) is 0 Å². The summed E-state index contributed by atoms with van der Waals surface area (Å²) >= 11 is 0. The monoisotopic (exact) mass is 403 g/mol. The first kappa shape index (κ1) is 19.7. The van der Waals surface area contributed by atoms with Crippen LogP contribution in [0, 0.1) is 11.8 Å². The van der Waals surface area contributed by atoms with E-state index in [1.807, 2.05) is 37.3 Å². The zero-order chi connectivity index (χ0) is 20.8. The first-order valence-corrected chi connectivity index (χ1v) is 9.84. The lowest BCUT2D eigenvalue weighted by Crippen LogP contribution is -2.59. The first-order valence-electron chi connectivity index (χ1n) is 9.84. The highest BCUT2D eigenvalue weighted by Gasteiger charge is 2.66. The van der Waals surface area contributed by atoms with Crippen molar-refractivity contribution in [1.29, 1.82) is 0 Å². The van der Waals surface area contributed by atoms with Gasteiger partial charge >= 0.3 is 18.0 Å². The molecule has 8 nitrogen and oxygen atoms in total. The van der Waals surface area contributed by atoms with E-state index in [4.69, 9.17) is 14.2 Å². The number of rotatable bonds is 3. The Morgan fingerprint density at radius 2 is 2.03 bits per heavy atom. The minimum absolute atomic E-state index is 0.00466. The van der Waals surface area contributed by atoms with Gasteiger partial charge in [-0.05, 0) is 17.9 Å². The minimum atomic E-state index is -1.41. The maximum absolute atomic E-state index is 13.0. The molecule has 1 aromatic rings. The van der Waals surface area contributed by atoms with Crippen LogP contribution >= 0.6 is 0 Å². The quantitative estimate of drug-likeness (QED) is 0.605. The summed E-state index contributed by atoms with van der Waals surface area (Å²) in [7, 11) is 1.25. The molecule has 0 spiro atoms. The topological polar surface area (TPSA) is 102 Å². The van der Waals surface area contributed by atoms with E-state index < -0.39 is 41.8 Å². The number of nitrogens with zero attached hydrogens (tertiary/aromatic N) is 1. The largest absolute Gasteiger partial charge is 0.467 e. The number of methoxy groups -OCH3 is 1. The number of amides is 1. The fraction of sp³-hybridized carbons (Fsp3) is 0.571. The number of ether oxygens (including phenoxy) is 3. The Morgan fingerprint density at radius 3 is 2.72 bits per heavy atom. The van der Waals surface area contributed by atoms with E-state index in [1.165, 1.54) is 12.0 Å². The maximum atomic E-state index is 13.0. The molecule has 4 rings (SSSR count). The smallest absolute Gasteiger partial charge is 0.411 e. The Balaban J connectivity index is 1.61. The second-order valence-electron chi connectivity index (χ2n) is 8.18. The molecule has 0 unspecified atom stereocenters. The van der Waals surface area contributed by atoms with Crippen molar-refractivity contribution in [2.45, 2.75) is 56.6 Å². The van der Waals surface area contributed by atoms with Crippen LogP contribution in [-0.2, 0) is 30.4 Å². The molecule has 8 heteroatoms. The van der Waals surface area contributed by atoms with Gasteiger partial charge in [-0.15, -0.1) is 0 Å². The van der Waals surface area contributed by atoms with Crippen molar-refractivity contribution in [2.75, 3.05) is 7.11 Å². The van der Waals surface area contributed by atoms with Crippen molar-refractivity contribution in [3.8, 4) is 0 Å². The third-order valence-electron chi connectivity index (χ3n) is 6.51. The first-order chi connectivity index (χ1) is 13.8. The predicted molar refractivity (Wildman–Crippen MR) is 99.4 cm³/mol. The van der Waals surface area contributed by atoms with Crippen LogP contribution in [0.2, 0.25) is 0 Å². The van der Waals surface area contributed by atoms with Crippen LogP contribution in [-0.4, -0.2) is 58.9 Å². The van der Waals surface area contributed by atoms with Gasteiger partial charge in [0, 0.05) is 12.3 Å². The second kappa shape index (κ2) is 7.33. The fourth-order valence-corrected chi connectivity index (χ4v) is 5.14. The van der Waals surface area contributed by atoms with Crippen molar-refractivity contribution >= 4 is 18.0 Å². The van der Waals surface area contributed by atoms with Gasteiger partial charge in [0.25, 0.3) is 0 Å². The Morgan fingerprint density at radius 1 is 1.31 bits per heavy atom. The average molecular weight is 403 g/mol. The molecule has 29 heavy (non-hydrogen) atoms. The van der Waals surface area contributed by atoms with Gasteiger partial charge in [-0.2, -0.15) is 0 Å². The number of benzene rings is 1. The average Bonchev–Trinajstić information content (AvgIpc) is 3.26. The van der Waals surface area contributed by atoms with Crippen LogP contribution in [0.3, 0.4) is 0 Å². The molecule has 1 saturated carbocycles. The predicted octanol–water partition coefficient (Wildman–Crippen LogP) is 1.64. The number of hydrogen-bond acceptors (Lipinski definition) is 7. The highest BCUT2D eigenvalue weighted by Crippen LogP contribution is 2.52.